The van der Waals surface area contributed by atoms with Gasteiger partial charge in [-0.1, -0.05) is 248 Å². The molecule has 0 aliphatic carbocycles. The molecular formula is C88H52N6S2. The molecule has 19 rings (SSSR count). The maximum absolute atomic E-state index is 9.71. The fourth-order valence-corrected chi connectivity index (χ4v) is 16.5. The average Bonchev–Trinajstić information content (AvgIpc) is 1.51. The van der Waals surface area contributed by atoms with Crippen molar-refractivity contribution < 1.29 is 13.7 Å². The Hall–Kier alpha value is -12.4. The minimum atomic E-state index is -0.454. The molecule has 8 heteroatoms. The van der Waals surface area contributed by atoms with Crippen LogP contribution in [0.5, 0.6) is 0 Å². The van der Waals surface area contributed by atoms with Crippen molar-refractivity contribution in [2.45, 2.75) is 0 Å². The van der Waals surface area contributed by atoms with Gasteiger partial charge in [-0.2, -0.15) is 0 Å². The number of fused-ring (bicyclic) bond motifs is 14. The van der Waals surface area contributed by atoms with Crippen LogP contribution in [0.25, 0.3) is 190 Å². The van der Waals surface area contributed by atoms with Crippen LogP contribution in [0.15, 0.2) is 315 Å². The van der Waals surface area contributed by atoms with Crippen molar-refractivity contribution in [1.82, 2.24) is 24.1 Å². The summed E-state index contributed by atoms with van der Waals surface area (Å²) in [6.07, 6.45) is 0. The zero-order chi connectivity index (χ0) is 72.1. The minimum Gasteiger partial charge on any atom is -0.318 e. The number of hydrogen-bond acceptors (Lipinski definition) is 5. The molecule has 5 heterocycles. The zero-order valence-corrected chi connectivity index (χ0v) is 52.4. The smallest absolute Gasteiger partial charge is 0.212 e. The normalized spacial score (nSPS) is 13.2. The Morgan fingerprint density at radius 1 is 0.312 bits per heavy atom. The summed E-state index contributed by atoms with van der Waals surface area (Å²) < 4.78 is 95.8. The van der Waals surface area contributed by atoms with Crippen LogP contribution in [0.2, 0.25) is 0 Å². The van der Waals surface area contributed by atoms with E-state index >= 15 is 0 Å². The molecule has 0 atom stereocenters. The predicted molar refractivity (Wildman–Crippen MR) is 404 cm³/mol. The van der Waals surface area contributed by atoms with Crippen LogP contribution < -0.4 is 0 Å². The van der Waals surface area contributed by atoms with Gasteiger partial charge in [0.05, 0.1) is 53.7 Å². The molecule has 0 fully saturated rings. The molecule has 5 aromatic heterocycles. The number of rotatable bonds is 10. The first-order chi connectivity index (χ1) is 51.7. The van der Waals surface area contributed by atoms with Gasteiger partial charge >= 0.3 is 0 Å². The molecule has 19 aromatic rings. The molecule has 446 valence electrons. The van der Waals surface area contributed by atoms with Gasteiger partial charge in [0.25, 0.3) is 0 Å². The highest BCUT2D eigenvalue weighted by atomic mass is 32.1. The van der Waals surface area contributed by atoms with Crippen molar-refractivity contribution in [3.8, 4) is 101 Å². The predicted octanol–water partition coefficient (Wildman–Crippen LogP) is 24.7. The highest BCUT2D eigenvalue weighted by molar-refractivity contribution is 7.27. The molecule has 0 bridgehead atoms. The first kappa shape index (κ1) is 45.8. The monoisotopic (exact) mass is 1270 g/mol. The molecule has 0 unspecified atom stereocenters. The first-order valence-electron chi connectivity index (χ1n) is 36.4. The third-order valence-corrected chi connectivity index (χ3v) is 20.8. The second-order valence-corrected chi connectivity index (χ2v) is 25.8. The molecule has 0 N–H and O–H groups in total. The summed E-state index contributed by atoms with van der Waals surface area (Å²) in [4.78, 5) is 20.9. The zero-order valence-electron chi connectivity index (χ0n) is 60.7. The number of aromatic nitrogens is 5. The van der Waals surface area contributed by atoms with Gasteiger partial charge in [-0.3, -0.25) is 0 Å². The van der Waals surface area contributed by atoms with E-state index in [2.05, 4.69) is 111 Å². The third kappa shape index (κ3) is 8.94. The van der Waals surface area contributed by atoms with Crippen LogP contribution in [-0.2, 0) is 0 Å². The van der Waals surface area contributed by atoms with Crippen molar-refractivity contribution in [1.29, 1.82) is 0 Å². The van der Waals surface area contributed by atoms with E-state index in [1.54, 1.807) is 22.7 Å². The number of nitrogens with zero attached hydrogens (tertiary/aromatic N) is 6. The van der Waals surface area contributed by atoms with E-state index in [0.717, 1.165) is 123 Å². The van der Waals surface area contributed by atoms with Crippen LogP contribution in [0.1, 0.15) is 13.7 Å². The van der Waals surface area contributed by atoms with Crippen LogP contribution in [0, 0.1) is 6.57 Å². The van der Waals surface area contributed by atoms with Gasteiger partial charge < -0.3 is 9.13 Å². The Kier molecular flexibility index (Phi) is 10.7. The lowest BCUT2D eigenvalue weighted by Crippen LogP contribution is -2.08. The summed E-state index contributed by atoms with van der Waals surface area (Å²) in [5, 5.41) is 7.26. The van der Waals surface area contributed by atoms with E-state index in [4.69, 9.17) is 28.7 Å². The van der Waals surface area contributed by atoms with Crippen molar-refractivity contribution in [3.63, 3.8) is 0 Å². The maximum atomic E-state index is 9.71. The van der Waals surface area contributed by atoms with Crippen LogP contribution in [0.4, 0.5) is 5.69 Å². The molecular weight excluding hydrogens is 1210 g/mol. The maximum Gasteiger partial charge on any atom is 0.212 e. The number of thiophene rings is 2. The van der Waals surface area contributed by atoms with Gasteiger partial charge in [-0.25, -0.2) is 19.8 Å². The van der Waals surface area contributed by atoms with E-state index in [1.807, 2.05) is 158 Å². The highest BCUT2D eigenvalue weighted by Crippen LogP contribution is 2.54. The molecule has 96 heavy (non-hydrogen) atoms. The van der Waals surface area contributed by atoms with Crippen molar-refractivity contribution in [2.24, 2.45) is 0 Å². The molecule has 0 amide bonds. The van der Waals surface area contributed by atoms with Gasteiger partial charge in [-0.05, 0) is 117 Å². The van der Waals surface area contributed by atoms with E-state index < -0.39 is 36.3 Å². The Morgan fingerprint density at radius 3 is 1.14 bits per heavy atom. The molecule has 6 nitrogen and oxygen atoms in total. The average molecular weight is 1270 g/mol. The number of hydrogen-bond donors (Lipinski definition) is 0. The van der Waals surface area contributed by atoms with Crippen molar-refractivity contribution in [3.05, 3.63) is 327 Å². The van der Waals surface area contributed by atoms with E-state index in [9.17, 15) is 6.57 Å². The Morgan fingerprint density at radius 2 is 0.688 bits per heavy atom. The lowest BCUT2D eigenvalue weighted by atomic mass is 9.94. The standard InChI is InChI=1S/C88H52N6S2/c1-89-72-53-71(88-91-86(59-33-19-7-20-34-59)90-87(92-88)60-35-21-8-22-36-60)82(93-73-43-37-61(54-23-9-2-10-24-54)51-69(73)80-75(93)45-41-65-67-49-63(56-27-13-4-14-28-56)39-47-77(67)95-84(65)80)79(58-31-17-6-18-32-58)83(72)94-74-44-38-62(55-25-11-3-12-26-55)52-70(74)81-76(94)46-42-66-68-50-64(57-29-15-5-16-30-57)40-48-78(68)96-85(66)81/h2-53H/i4D,5D,13D,14D,15D,16D,27D,28D,29D,30D. The largest absolute Gasteiger partial charge is 0.318 e. The topological polar surface area (TPSA) is 52.9 Å². The third-order valence-electron chi connectivity index (χ3n) is 18.3. The van der Waals surface area contributed by atoms with Crippen LogP contribution >= 0.6 is 22.7 Å². The molecule has 0 aliphatic heterocycles. The summed E-state index contributed by atoms with van der Waals surface area (Å²) in [5.74, 6) is 1.18. The molecule has 0 aliphatic rings. The van der Waals surface area contributed by atoms with E-state index in [1.165, 1.54) is 0 Å². The van der Waals surface area contributed by atoms with Gasteiger partial charge in [-0.15, -0.1) is 22.7 Å². The first-order valence-corrected chi connectivity index (χ1v) is 33.0. The SMILES string of the molecule is [2H]c1c([2H])c([2H])c(-c2ccc3sc4c(ccc5c4c4cc(-c6ccccc6)ccc4n5-c4c([N+]#[C-])cc(-c5nc(-c6ccccc6)nc(-c6ccccc6)n5)c(-n5c6ccc(-c7ccccc7)cc6c6c7sc8ccc(-c9c([2H])c([2H])c([2H])c([2H])c9[2H])cc8c7ccc65)c4-c4ccccc4)c3c2)c([2H])c1[2H]. The lowest BCUT2D eigenvalue weighted by Gasteiger charge is -2.24. The fraction of sp³-hybridized carbons (Fsp3) is 0. The summed E-state index contributed by atoms with van der Waals surface area (Å²) in [6, 6.07) is 81.9. The molecule has 0 radical (unpaired) electrons. The molecule has 0 saturated carbocycles. The summed E-state index contributed by atoms with van der Waals surface area (Å²) in [6.45, 7) is 9.71. The fourth-order valence-electron chi connectivity index (χ4n) is 14.0. The van der Waals surface area contributed by atoms with E-state index in [0.29, 0.717) is 56.8 Å². The van der Waals surface area contributed by atoms with Crippen molar-refractivity contribution >= 4 is 112 Å². The second kappa shape index (κ2) is 22.4. The van der Waals surface area contributed by atoms with Crippen LogP contribution in [-0.4, -0.2) is 24.1 Å². The summed E-state index contributed by atoms with van der Waals surface area (Å²) >= 11 is 3.24. The van der Waals surface area contributed by atoms with Crippen molar-refractivity contribution in [2.75, 3.05) is 0 Å². The Balaban J connectivity index is 0.976. The lowest BCUT2D eigenvalue weighted by molar-refractivity contribution is 1.06. The Labute approximate surface area is 574 Å². The van der Waals surface area contributed by atoms with Gasteiger partial charge in [0, 0.05) is 84.1 Å². The summed E-state index contributed by atoms with van der Waals surface area (Å²) in [7, 11) is 0. The molecule has 14 aromatic carbocycles. The quantitative estimate of drug-likeness (QED) is 0.128. The Bertz CT molecular complexity index is 6900. The molecule has 0 spiro atoms. The number of benzene rings is 14. The minimum absolute atomic E-state index is 0.124. The van der Waals surface area contributed by atoms with Crippen LogP contribution in [0.3, 0.4) is 0 Å². The molecule has 0 saturated heterocycles. The second-order valence-electron chi connectivity index (χ2n) is 23.7. The van der Waals surface area contributed by atoms with Gasteiger partial charge in [0.2, 0.25) is 5.69 Å². The van der Waals surface area contributed by atoms with E-state index in [-0.39, 0.29) is 35.3 Å². The van der Waals surface area contributed by atoms with Gasteiger partial charge in [0.15, 0.2) is 17.5 Å². The summed E-state index contributed by atoms with van der Waals surface area (Å²) in [5.41, 5.74) is 13.7. The highest BCUT2D eigenvalue weighted by Gasteiger charge is 2.31. The van der Waals surface area contributed by atoms with Gasteiger partial charge in [0.1, 0.15) is 0 Å².